The number of hydrogen-bond donors (Lipinski definition) is 1. The van der Waals surface area contributed by atoms with Crippen LogP contribution in [-0.4, -0.2) is 66.0 Å². The molecule has 1 heterocycles. The van der Waals surface area contributed by atoms with Crippen LogP contribution in [0, 0.1) is 18.3 Å². The molecule has 7 heteroatoms. The molecular weight excluding hydrogens is 336 g/mol. The second-order valence-corrected chi connectivity index (χ2v) is 6.17. The van der Waals surface area contributed by atoms with Gasteiger partial charge in [0, 0.05) is 25.7 Å². The van der Waals surface area contributed by atoms with Crippen LogP contribution in [0.25, 0.3) is 0 Å². The van der Waals surface area contributed by atoms with Gasteiger partial charge in [-0.1, -0.05) is 5.92 Å². The summed E-state index contributed by atoms with van der Waals surface area (Å²) in [7, 11) is 1.56. The summed E-state index contributed by atoms with van der Waals surface area (Å²) in [5.74, 6) is 1.26. The number of carbonyl (C=O) groups is 3. The fourth-order valence-electron chi connectivity index (χ4n) is 2.79. The fourth-order valence-corrected chi connectivity index (χ4v) is 2.79. The van der Waals surface area contributed by atoms with Crippen molar-refractivity contribution in [3.63, 3.8) is 0 Å². The van der Waals surface area contributed by atoms with Crippen molar-refractivity contribution in [3.8, 4) is 18.1 Å². The molecule has 1 aromatic rings. The van der Waals surface area contributed by atoms with Crippen LogP contribution in [0.3, 0.4) is 0 Å². The number of likely N-dealkylation sites (N-methyl/N-ethyl adjacent to an activating group) is 1. The van der Waals surface area contributed by atoms with Crippen LogP contribution >= 0.6 is 0 Å². The van der Waals surface area contributed by atoms with Crippen molar-refractivity contribution in [1.29, 1.82) is 0 Å². The van der Waals surface area contributed by atoms with Crippen LogP contribution in [0.2, 0.25) is 0 Å². The first-order chi connectivity index (χ1) is 12.4. The predicted octanol–water partition coefficient (Wildman–Crippen LogP) is 1.09. The molecule has 0 bridgehead atoms. The van der Waals surface area contributed by atoms with E-state index in [1.54, 1.807) is 36.2 Å². The third kappa shape index (κ3) is 4.99. The Morgan fingerprint density at radius 3 is 2.42 bits per heavy atom. The Morgan fingerprint density at radius 1 is 1.27 bits per heavy atom. The monoisotopic (exact) mass is 358 g/mol. The summed E-state index contributed by atoms with van der Waals surface area (Å²) in [6.45, 7) is 0.907. The zero-order valence-electron chi connectivity index (χ0n) is 14.7. The number of rotatable bonds is 6. The van der Waals surface area contributed by atoms with Crippen LogP contribution in [0.4, 0.5) is 0 Å². The molecule has 0 aromatic heterocycles. The number of aliphatic carboxylic acids is 1. The maximum absolute atomic E-state index is 12.4. The third-order valence-corrected chi connectivity index (χ3v) is 4.34. The molecule has 0 saturated carbocycles. The molecule has 0 atom stereocenters. The Morgan fingerprint density at radius 2 is 1.88 bits per heavy atom. The number of benzene rings is 1. The normalized spacial score (nSPS) is 14.4. The molecule has 0 spiro atoms. The zero-order valence-corrected chi connectivity index (χ0v) is 14.7. The van der Waals surface area contributed by atoms with E-state index in [0.29, 0.717) is 37.2 Å². The number of hydrogen-bond acceptors (Lipinski definition) is 4. The average molecular weight is 358 g/mol. The van der Waals surface area contributed by atoms with Gasteiger partial charge in [0.2, 0.25) is 5.91 Å². The van der Waals surface area contributed by atoms with Gasteiger partial charge in [-0.3, -0.25) is 14.4 Å². The summed E-state index contributed by atoms with van der Waals surface area (Å²) in [5.41, 5.74) is 0.443. The highest BCUT2D eigenvalue weighted by molar-refractivity contribution is 5.96. The van der Waals surface area contributed by atoms with Gasteiger partial charge in [-0.05, 0) is 37.1 Å². The number of piperidine rings is 1. The quantitative estimate of drug-likeness (QED) is 0.770. The molecule has 1 N–H and O–H groups in total. The third-order valence-electron chi connectivity index (χ3n) is 4.34. The first kappa shape index (κ1) is 19.3. The minimum absolute atomic E-state index is 0.0497. The second kappa shape index (κ2) is 8.90. The number of nitrogens with zero attached hydrogens (tertiary/aromatic N) is 2. The second-order valence-electron chi connectivity index (χ2n) is 6.17. The van der Waals surface area contributed by atoms with Crippen molar-refractivity contribution in [3.05, 3.63) is 29.8 Å². The molecule has 26 heavy (non-hydrogen) atoms. The van der Waals surface area contributed by atoms with Crippen LogP contribution in [0.15, 0.2) is 24.3 Å². The van der Waals surface area contributed by atoms with Crippen molar-refractivity contribution in [2.24, 2.45) is 5.92 Å². The highest BCUT2D eigenvalue weighted by atomic mass is 16.5. The van der Waals surface area contributed by atoms with Crippen molar-refractivity contribution >= 4 is 17.8 Å². The highest BCUT2D eigenvalue weighted by Gasteiger charge is 2.28. The lowest BCUT2D eigenvalue weighted by Crippen LogP contribution is -2.45. The number of carbonyl (C=O) groups excluding carboxylic acids is 2. The van der Waals surface area contributed by atoms with Crippen molar-refractivity contribution in [2.45, 2.75) is 12.8 Å². The van der Waals surface area contributed by atoms with Crippen LogP contribution in [0.5, 0.6) is 5.75 Å². The molecule has 1 aromatic carbocycles. The molecule has 2 amide bonds. The molecule has 138 valence electrons. The van der Waals surface area contributed by atoms with Crippen LogP contribution < -0.4 is 4.74 Å². The van der Waals surface area contributed by atoms with Crippen molar-refractivity contribution in [1.82, 2.24) is 9.80 Å². The van der Waals surface area contributed by atoms with E-state index in [1.807, 2.05) is 0 Å². The van der Waals surface area contributed by atoms with Gasteiger partial charge in [0.15, 0.2) is 0 Å². The predicted molar refractivity (Wildman–Crippen MR) is 94.7 cm³/mol. The van der Waals surface area contributed by atoms with Gasteiger partial charge in [0.05, 0.1) is 12.5 Å². The van der Waals surface area contributed by atoms with E-state index in [2.05, 4.69) is 5.92 Å². The molecule has 1 aliphatic rings. The number of ether oxygens (including phenoxy) is 1. The van der Waals surface area contributed by atoms with E-state index in [0.717, 1.165) is 0 Å². The summed E-state index contributed by atoms with van der Waals surface area (Å²) in [6, 6.07) is 6.54. The van der Waals surface area contributed by atoms with E-state index in [1.165, 1.54) is 4.90 Å². The van der Waals surface area contributed by atoms with E-state index in [4.69, 9.17) is 16.3 Å². The Hall–Kier alpha value is -3.01. The molecule has 0 aliphatic carbocycles. The number of terminal acetylenes is 1. The minimum atomic E-state index is -0.820. The van der Waals surface area contributed by atoms with Crippen LogP contribution in [-0.2, 0) is 9.59 Å². The summed E-state index contributed by atoms with van der Waals surface area (Å²) >= 11 is 0. The molecular formula is C19H22N2O5. The summed E-state index contributed by atoms with van der Waals surface area (Å²) in [5, 5.41) is 9.00. The molecule has 2 rings (SSSR count). The Bertz CT molecular complexity index is 700. The van der Waals surface area contributed by atoms with E-state index < -0.39 is 11.9 Å². The van der Waals surface area contributed by atoms with Gasteiger partial charge >= 0.3 is 5.97 Å². The van der Waals surface area contributed by atoms with Gasteiger partial charge in [-0.2, -0.15) is 0 Å². The van der Waals surface area contributed by atoms with Gasteiger partial charge in [0.1, 0.15) is 12.4 Å². The lowest BCUT2D eigenvalue weighted by atomic mass is 9.97. The molecule has 1 aliphatic heterocycles. The highest BCUT2D eigenvalue weighted by Crippen LogP contribution is 2.18. The van der Waals surface area contributed by atoms with Crippen LogP contribution in [0.1, 0.15) is 23.2 Å². The Labute approximate surface area is 152 Å². The fraction of sp³-hybridized carbons (Fsp3) is 0.421. The summed E-state index contributed by atoms with van der Waals surface area (Å²) < 4.78 is 5.26. The van der Waals surface area contributed by atoms with E-state index in [-0.39, 0.29) is 25.0 Å². The largest absolute Gasteiger partial charge is 0.481 e. The van der Waals surface area contributed by atoms with E-state index >= 15 is 0 Å². The first-order valence-corrected chi connectivity index (χ1v) is 8.34. The summed E-state index contributed by atoms with van der Waals surface area (Å²) in [4.78, 5) is 38.7. The van der Waals surface area contributed by atoms with Gasteiger partial charge in [0.25, 0.3) is 5.91 Å². The maximum atomic E-state index is 12.4. The number of amides is 2. The number of carboxylic acid groups (broad SMARTS) is 1. The van der Waals surface area contributed by atoms with Crippen molar-refractivity contribution < 1.29 is 24.2 Å². The Balaban J connectivity index is 1.87. The minimum Gasteiger partial charge on any atom is -0.481 e. The number of carboxylic acids is 1. The zero-order chi connectivity index (χ0) is 19.1. The molecule has 7 nitrogen and oxygen atoms in total. The van der Waals surface area contributed by atoms with Gasteiger partial charge in [-0.15, -0.1) is 6.42 Å². The smallest absolute Gasteiger partial charge is 0.306 e. The number of likely N-dealkylation sites (tertiary alicyclic amines) is 1. The maximum Gasteiger partial charge on any atom is 0.306 e. The lowest BCUT2D eigenvalue weighted by molar-refractivity contribution is -0.145. The average Bonchev–Trinajstić information content (AvgIpc) is 2.66. The molecule has 1 fully saturated rings. The van der Waals surface area contributed by atoms with E-state index in [9.17, 15) is 14.4 Å². The molecule has 0 radical (unpaired) electrons. The SMILES string of the molecule is C#CCOc1ccc(C(=O)N(C)CC(=O)N2CCC(C(=O)O)CC2)cc1. The van der Waals surface area contributed by atoms with Crippen molar-refractivity contribution in [2.75, 3.05) is 33.3 Å². The molecule has 1 saturated heterocycles. The summed E-state index contributed by atoms with van der Waals surface area (Å²) in [6.07, 6.45) is 6.01. The standard InChI is InChI=1S/C19H22N2O5/c1-3-12-26-16-6-4-14(5-7-16)18(23)20(2)13-17(22)21-10-8-15(9-11-21)19(24)25/h1,4-7,15H,8-13H2,2H3,(H,24,25). The van der Waals surface area contributed by atoms with Gasteiger partial charge < -0.3 is 19.6 Å². The lowest BCUT2D eigenvalue weighted by Gasteiger charge is -2.31. The topological polar surface area (TPSA) is 87.2 Å². The Kier molecular flexibility index (Phi) is 6.61. The molecule has 0 unspecified atom stereocenters. The first-order valence-electron chi connectivity index (χ1n) is 8.34. The van der Waals surface area contributed by atoms with Gasteiger partial charge in [-0.25, -0.2) is 0 Å².